The van der Waals surface area contributed by atoms with Crippen LogP contribution in [0.25, 0.3) is 0 Å². The summed E-state index contributed by atoms with van der Waals surface area (Å²) in [4.78, 5) is 28.2. The maximum atomic E-state index is 14.0. The Morgan fingerprint density at radius 1 is 0.951 bits per heavy atom. The van der Waals surface area contributed by atoms with Crippen LogP contribution in [0.2, 0.25) is 0 Å². The Balaban J connectivity index is 2.06. The molecule has 11 heteroatoms. The summed E-state index contributed by atoms with van der Waals surface area (Å²) in [6.07, 6.45) is 0.301. The van der Waals surface area contributed by atoms with Gasteiger partial charge in [0.1, 0.15) is 29.9 Å². The third kappa shape index (κ3) is 7.97. The Morgan fingerprint density at radius 2 is 1.63 bits per heavy atom. The van der Waals surface area contributed by atoms with Crippen molar-refractivity contribution >= 4 is 27.5 Å². The van der Waals surface area contributed by atoms with Crippen LogP contribution in [-0.4, -0.2) is 58.0 Å². The molecule has 3 aromatic carbocycles. The van der Waals surface area contributed by atoms with Gasteiger partial charge in [-0.1, -0.05) is 19.1 Å². The van der Waals surface area contributed by atoms with Gasteiger partial charge in [-0.2, -0.15) is 0 Å². The van der Waals surface area contributed by atoms with Crippen LogP contribution >= 0.6 is 0 Å². The van der Waals surface area contributed by atoms with Gasteiger partial charge in [0.2, 0.25) is 11.8 Å². The van der Waals surface area contributed by atoms with E-state index >= 15 is 0 Å². The first-order valence-electron chi connectivity index (χ1n) is 13.4. The summed E-state index contributed by atoms with van der Waals surface area (Å²) >= 11 is 0. The summed E-state index contributed by atoms with van der Waals surface area (Å²) in [5, 5.41) is 2.77. The van der Waals surface area contributed by atoms with Gasteiger partial charge in [0.05, 0.1) is 24.3 Å². The van der Waals surface area contributed by atoms with Crippen molar-refractivity contribution in [3.05, 3.63) is 84.2 Å². The van der Waals surface area contributed by atoms with Gasteiger partial charge in [0.25, 0.3) is 10.0 Å². The van der Waals surface area contributed by atoms with E-state index in [0.717, 1.165) is 28.6 Å². The minimum atomic E-state index is -4.31. The van der Waals surface area contributed by atoms with Crippen LogP contribution in [0.5, 0.6) is 11.5 Å². The molecule has 220 valence electrons. The largest absolute Gasteiger partial charge is 0.497 e. The van der Waals surface area contributed by atoms with E-state index < -0.39 is 34.3 Å². The lowest BCUT2D eigenvalue weighted by Gasteiger charge is -2.33. The fourth-order valence-corrected chi connectivity index (χ4v) is 5.73. The van der Waals surface area contributed by atoms with E-state index in [-0.39, 0.29) is 23.0 Å². The molecule has 0 heterocycles. The number of carbonyl (C=O) groups excluding carboxylic acids is 2. The van der Waals surface area contributed by atoms with E-state index in [1.807, 2.05) is 6.92 Å². The van der Waals surface area contributed by atoms with Gasteiger partial charge >= 0.3 is 0 Å². The lowest BCUT2D eigenvalue weighted by atomic mass is 10.1. The zero-order valence-electron chi connectivity index (χ0n) is 23.7. The van der Waals surface area contributed by atoms with Gasteiger partial charge in [-0.15, -0.1) is 0 Å². The highest BCUT2D eigenvalue weighted by atomic mass is 32.2. The number of nitrogens with zero attached hydrogens (tertiary/aromatic N) is 2. The van der Waals surface area contributed by atoms with Crippen LogP contribution in [0.15, 0.2) is 77.7 Å². The van der Waals surface area contributed by atoms with Crippen molar-refractivity contribution < 1.29 is 31.9 Å². The predicted octanol–water partition coefficient (Wildman–Crippen LogP) is 4.37. The first-order valence-corrected chi connectivity index (χ1v) is 14.8. The molecule has 1 N–H and O–H groups in total. The normalized spacial score (nSPS) is 11.8. The third-order valence-electron chi connectivity index (χ3n) is 6.34. The average molecular weight is 586 g/mol. The van der Waals surface area contributed by atoms with Crippen molar-refractivity contribution in [1.29, 1.82) is 0 Å². The van der Waals surface area contributed by atoms with Crippen molar-refractivity contribution in [1.82, 2.24) is 10.2 Å². The van der Waals surface area contributed by atoms with Crippen molar-refractivity contribution in [3.63, 3.8) is 0 Å². The summed E-state index contributed by atoms with van der Waals surface area (Å²) in [6, 6.07) is 16.9. The van der Waals surface area contributed by atoms with Gasteiger partial charge in [-0.05, 0) is 86.5 Å². The van der Waals surface area contributed by atoms with Crippen LogP contribution in [0, 0.1) is 5.82 Å². The molecular formula is C30H36FN3O6S. The van der Waals surface area contributed by atoms with Crippen LogP contribution in [0.4, 0.5) is 10.1 Å². The summed E-state index contributed by atoms with van der Waals surface area (Å²) in [6.45, 7) is 5.62. The minimum Gasteiger partial charge on any atom is -0.497 e. The van der Waals surface area contributed by atoms with E-state index in [1.165, 1.54) is 24.1 Å². The summed E-state index contributed by atoms with van der Waals surface area (Å²) in [7, 11) is -2.78. The Hall–Kier alpha value is -4.12. The molecule has 0 unspecified atom stereocenters. The smallest absolute Gasteiger partial charge is 0.264 e. The standard InChI is InChI=1S/C30H36FN3O6S/c1-5-28(30(36)32-6-2)33(20-22-9-8-10-26(19-22)39-4)29(35)21-34(24-13-15-25(16-14-24)40-7-3)41(37,38)27-17-11-23(31)12-18-27/h8-19,28H,5-7,20-21H2,1-4H3,(H,32,36)/t28-/m0/s1. The van der Waals surface area contributed by atoms with Gasteiger partial charge in [-0.3, -0.25) is 13.9 Å². The van der Waals surface area contributed by atoms with Gasteiger partial charge in [-0.25, -0.2) is 12.8 Å². The molecule has 0 aromatic heterocycles. The zero-order chi connectivity index (χ0) is 30.0. The third-order valence-corrected chi connectivity index (χ3v) is 8.13. The lowest BCUT2D eigenvalue weighted by Crippen LogP contribution is -2.52. The molecule has 0 aliphatic carbocycles. The van der Waals surface area contributed by atoms with E-state index in [1.54, 1.807) is 50.2 Å². The number of halogens is 1. The Morgan fingerprint density at radius 3 is 2.22 bits per heavy atom. The number of amides is 2. The average Bonchev–Trinajstić information content (AvgIpc) is 2.96. The van der Waals surface area contributed by atoms with Gasteiger partial charge < -0.3 is 19.7 Å². The Kier molecular flexibility index (Phi) is 11.1. The quantitative estimate of drug-likeness (QED) is 0.301. The molecule has 0 saturated carbocycles. The second-order valence-electron chi connectivity index (χ2n) is 9.08. The van der Waals surface area contributed by atoms with Gasteiger partial charge in [0.15, 0.2) is 0 Å². The second-order valence-corrected chi connectivity index (χ2v) is 10.9. The molecule has 41 heavy (non-hydrogen) atoms. The predicted molar refractivity (Wildman–Crippen MR) is 155 cm³/mol. The Bertz CT molecular complexity index is 1410. The maximum absolute atomic E-state index is 14.0. The number of carbonyl (C=O) groups is 2. The SMILES string of the molecule is CCNC(=O)[C@H](CC)N(Cc1cccc(OC)c1)C(=O)CN(c1ccc(OCC)cc1)S(=O)(=O)c1ccc(F)cc1. The highest BCUT2D eigenvalue weighted by Crippen LogP contribution is 2.27. The van der Waals surface area contributed by atoms with Crippen LogP contribution < -0.4 is 19.1 Å². The van der Waals surface area contributed by atoms with Crippen LogP contribution in [0.3, 0.4) is 0 Å². The van der Waals surface area contributed by atoms with E-state index in [4.69, 9.17) is 9.47 Å². The van der Waals surface area contributed by atoms with Crippen molar-refractivity contribution in [2.24, 2.45) is 0 Å². The highest BCUT2D eigenvalue weighted by molar-refractivity contribution is 7.92. The molecule has 3 aromatic rings. The number of hydrogen-bond donors (Lipinski definition) is 1. The highest BCUT2D eigenvalue weighted by Gasteiger charge is 2.33. The first kappa shape index (κ1) is 31.4. The number of hydrogen-bond acceptors (Lipinski definition) is 6. The van der Waals surface area contributed by atoms with E-state index in [2.05, 4.69) is 5.32 Å². The maximum Gasteiger partial charge on any atom is 0.264 e. The van der Waals surface area contributed by atoms with Crippen molar-refractivity contribution in [3.8, 4) is 11.5 Å². The molecule has 0 bridgehead atoms. The molecule has 1 atom stereocenters. The molecule has 3 rings (SSSR count). The number of methoxy groups -OCH3 is 1. The number of rotatable bonds is 14. The number of benzene rings is 3. The lowest BCUT2D eigenvalue weighted by molar-refractivity contribution is -0.140. The molecular weight excluding hydrogens is 549 g/mol. The number of anilines is 1. The van der Waals surface area contributed by atoms with E-state index in [0.29, 0.717) is 36.6 Å². The number of ether oxygens (including phenoxy) is 2. The number of nitrogens with one attached hydrogen (secondary N) is 1. The zero-order valence-corrected chi connectivity index (χ0v) is 24.5. The van der Waals surface area contributed by atoms with Gasteiger partial charge in [0, 0.05) is 13.1 Å². The molecule has 0 fully saturated rings. The molecule has 0 aliphatic heterocycles. The topological polar surface area (TPSA) is 105 Å². The van der Waals surface area contributed by atoms with Crippen LogP contribution in [0.1, 0.15) is 32.8 Å². The molecule has 9 nitrogen and oxygen atoms in total. The number of sulfonamides is 1. The number of likely N-dealkylation sites (N-methyl/N-ethyl adjacent to an activating group) is 1. The fraction of sp³-hybridized carbons (Fsp3) is 0.333. The Labute approximate surface area is 240 Å². The minimum absolute atomic E-state index is 0.0411. The first-order chi connectivity index (χ1) is 19.6. The van der Waals surface area contributed by atoms with Crippen LogP contribution in [-0.2, 0) is 26.2 Å². The van der Waals surface area contributed by atoms with E-state index in [9.17, 15) is 22.4 Å². The molecule has 0 spiro atoms. The summed E-state index contributed by atoms with van der Waals surface area (Å²) < 4.78 is 53.1. The fourth-order valence-electron chi connectivity index (χ4n) is 4.32. The monoisotopic (exact) mass is 585 g/mol. The molecule has 0 saturated heterocycles. The molecule has 0 aliphatic rings. The second kappa shape index (κ2) is 14.5. The van der Waals surface area contributed by atoms with Crippen molar-refractivity contribution in [2.75, 3.05) is 31.1 Å². The molecule has 0 radical (unpaired) electrons. The van der Waals surface area contributed by atoms with Crippen molar-refractivity contribution in [2.45, 2.75) is 44.7 Å². The summed E-state index contributed by atoms with van der Waals surface area (Å²) in [5.41, 5.74) is 0.910. The molecule has 2 amide bonds. The summed E-state index contributed by atoms with van der Waals surface area (Å²) in [5.74, 6) is -0.421.